The Hall–Kier alpha value is -3.09. The summed E-state index contributed by atoms with van der Waals surface area (Å²) in [5, 5.41) is 0. The summed E-state index contributed by atoms with van der Waals surface area (Å²) in [7, 11) is 0. The van der Waals surface area contributed by atoms with Crippen molar-refractivity contribution in [3.8, 4) is 0 Å². The van der Waals surface area contributed by atoms with Gasteiger partial charge in [0.15, 0.2) is 0 Å². The molecular formula is C21H23FN4O2. The van der Waals surface area contributed by atoms with Crippen molar-refractivity contribution in [3.63, 3.8) is 0 Å². The Kier molecular flexibility index (Phi) is 5.14. The molecule has 7 heteroatoms. The van der Waals surface area contributed by atoms with Crippen LogP contribution in [-0.4, -0.2) is 67.6 Å². The summed E-state index contributed by atoms with van der Waals surface area (Å²) in [5.74, 6) is -0.278. The van der Waals surface area contributed by atoms with E-state index in [0.29, 0.717) is 39.3 Å². The monoisotopic (exact) mass is 382 g/mol. The van der Waals surface area contributed by atoms with Gasteiger partial charge in [0.25, 0.3) is 0 Å². The van der Waals surface area contributed by atoms with E-state index in [9.17, 15) is 14.0 Å². The largest absolute Gasteiger partial charge is 0.368 e. The number of para-hydroxylation sites is 1. The summed E-state index contributed by atoms with van der Waals surface area (Å²) in [5.41, 5.74) is 1.82. The Bertz CT molecular complexity index is 835. The minimum absolute atomic E-state index is 0.0259. The second-order valence-corrected chi connectivity index (χ2v) is 7.04. The van der Waals surface area contributed by atoms with Crippen LogP contribution in [0, 0.1) is 5.82 Å². The van der Waals surface area contributed by atoms with Crippen molar-refractivity contribution in [2.24, 2.45) is 0 Å². The van der Waals surface area contributed by atoms with Gasteiger partial charge in [-0.05, 0) is 36.4 Å². The molecule has 28 heavy (non-hydrogen) atoms. The lowest BCUT2D eigenvalue weighted by atomic mass is 10.2. The number of hydrogen-bond donors (Lipinski definition) is 0. The van der Waals surface area contributed by atoms with Gasteiger partial charge in [-0.25, -0.2) is 9.18 Å². The third-order valence-corrected chi connectivity index (χ3v) is 5.31. The standard InChI is InChI=1S/C21H23FN4O2/c22-17-6-8-18(9-7-17)23-10-12-24(13-11-23)20(27)16-25-14-15-26(21(25)28)19-4-2-1-3-5-19/h1-9H,10-16H2. The first-order valence-electron chi connectivity index (χ1n) is 9.51. The predicted molar refractivity (Wildman–Crippen MR) is 106 cm³/mol. The molecule has 2 fully saturated rings. The molecule has 2 aliphatic rings. The number of piperazine rings is 1. The zero-order chi connectivity index (χ0) is 19.5. The smallest absolute Gasteiger partial charge is 0.325 e. The molecule has 0 atom stereocenters. The molecule has 0 aliphatic carbocycles. The molecule has 0 saturated carbocycles. The highest BCUT2D eigenvalue weighted by molar-refractivity contribution is 5.96. The van der Waals surface area contributed by atoms with E-state index >= 15 is 0 Å². The topological polar surface area (TPSA) is 47.1 Å². The third-order valence-electron chi connectivity index (χ3n) is 5.31. The molecule has 2 aliphatic heterocycles. The molecule has 146 valence electrons. The van der Waals surface area contributed by atoms with Crippen LogP contribution < -0.4 is 9.80 Å². The molecule has 2 aromatic rings. The van der Waals surface area contributed by atoms with Crippen LogP contribution in [0.5, 0.6) is 0 Å². The summed E-state index contributed by atoms with van der Waals surface area (Å²) in [6.45, 7) is 3.84. The lowest BCUT2D eigenvalue weighted by molar-refractivity contribution is -0.131. The predicted octanol–water partition coefficient (Wildman–Crippen LogP) is 2.42. The number of halogens is 1. The lowest BCUT2D eigenvalue weighted by Crippen LogP contribution is -2.51. The number of carbonyl (C=O) groups is 2. The van der Waals surface area contributed by atoms with E-state index in [2.05, 4.69) is 4.90 Å². The van der Waals surface area contributed by atoms with E-state index in [1.165, 1.54) is 12.1 Å². The first-order chi connectivity index (χ1) is 13.6. The van der Waals surface area contributed by atoms with Crippen LogP contribution in [0.3, 0.4) is 0 Å². The third kappa shape index (κ3) is 3.78. The molecule has 0 bridgehead atoms. The number of carbonyl (C=O) groups excluding carboxylic acids is 2. The Morgan fingerprint density at radius 1 is 0.821 bits per heavy atom. The van der Waals surface area contributed by atoms with Gasteiger partial charge < -0.3 is 14.7 Å². The van der Waals surface area contributed by atoms with Crippen molar-refractivity contribution in [1.82, 2.24) is 9.80 Å². The summed E-state index contributed by atoms with van der Waals surface area (Å²) in [6.07, 6.45) is 0. The van der Waals surface area contributed by atoms with Crippen molar-refractivity contribution >= 4 is 23.3 Å². The Balaban J connectivity index is 1.30. The maximum atomic E-state index is 13.1. The van der Waals surface area contributed by atoms with Gasteiger partial charge in [-0.15, -0.1) is 0 Å². The highest BCUT2D eigenvalue weighted by Gasteiger charge is 2.32. The highest BCUT2D eigenvalue weighted by Crippen LogP contribution is 2.20. The van der Waals surface area contributed by atoms with Crippen molar-refractivity contribution in [1.29, 1.82) is 0 Å². The molecule has 0 N–H and O–H groups in total. The van der Waals surface area contributed by atoms with Gasteiger partial charge in [-0.2, -0.15) is 0 Å². The SMILES string of the molecule is O=C(CN1CCN(c2ccccc2)C1=O)N1CCN(c2ccc(F)cc2)CC1. The van der Waals surface area contributed by atoms with Crippen LogP contribution in [0.15, 0.2) is 54.6 Å². The van der Waals surface area contributed by atoms with Gasteiger partial charge in [-0.1, -0.05) is 18.2 Å². The summed E-state index contributed by atoms with van der Waals surface area (Å²) < 4.78 is 13.1. The minimum Gasteiger partial charge on any atom is -0.368 e. The van der Waals surface area contributed by atoms with Gasteiger partial charge >= 0.3 is 6.03 Å². The zero-order valence-electron chi connectivity index (χ0n) is 15.6. The Morgan fingerprint density at radius 3 is 2.18 bits per heavy atom. The minimum atomic E-state index is -0.252. The number of hydrogen-bond acceptors (Lipinski definition) is 3. The van der Waals surface area contributed by atoms with Gasteiger partial charge in [-0.3, -0.25) is 9.69 Å². The maximum Gasteiger partial charge on any atom is 0.325 e. The Morgan fingerprint density at radius 2 is 1.50 bits per heavy atom. The Labute approximate surface area is 163 Å². The average Bonchev–Trinajstić information content (AvgIpc) is 3.09. The summed E-state index contributed by atoms with van der Waals surface area (Å²) in [6, 6.07) is 15.8. The quantitative estimate of drug-likeness (QED) is 0.816. The number of nitrogens with zero attached hydrogens (tertiary/aromatic N) is 4. The fourth-order valence-electron chi connectivity index (χ4n) is 3.71. The van der Waals surface area contributed by atoms with Crippen LogP contribution >= 0.6 is 0 Å². The number of rotatable bonds is 4. The van der Waals surface area contributed by atoms with Gasteiger partial charge in [0.05, 0.1) is 0 Å². The molecule has 2 heterocycles. The molecule has 0 spiro atoms. The van der Waals surface area contributed by atoms with Gasteiger partial charge in [0, 0.05) is 50.6 Å². The van der Waals surface area contributed by atoms with E-state index in [1.54, 1.807) is 26.8 Å². The highest BCUT2D eigenvalue weighted by atomic mass is 19.1. The maximum absolute atomic E-state index is 13.1. The molecule has 6 nitrogen and oxygen atoms in total. The average molecular weight is 382 g/mol. The van der Waals surface area contributed by atoms with Crippen LogP contribution in [0.1, 0.15) is 0 Å². The summed E-state index contributed by atoms with van der Waals surface area (Å²) in [4.78, 5) is 32.6. The van der Waals surface area contributed by atoms with Crippen molar-refractivity contribution < 1.29 is 14.0 Å². The van der Waals surface area contributed by atoms with Crippen LogP contribution in [0.2, 0.25) is 0 Å². The van der Waals surface area contributed by atoms with E-state index in [1.807, 2.05) is 30.3 Å². The molecule has 0 aromatic heterocycles. The first-order valence-corrected chi connectivity index (χ1v) is 9.51. The second-order valence-electron chi connectivity index (χ2n) is 7.04. The number of benzene rings is 2. The van der Waals surface area contributed by atoms with E-state index < -0.39 is 0 Å². The molecular weight excluding hydrogens is 359 g/mol. The fraction of sp³-hybridized carbons (Fsp3) is 0.333. The summed E-state index contributed by atoms with van der Waals surface area (Å²) >= 11 is 0. The molecule has 2 aromatic carbocycles. The van der Waals surface area contributed by atoms with Gasteiger partial charge in [0.2, 0.25) is 5.91 Å². The van der Waals surface area contributed by atoms with Crippen molar-refractivity contribution in [2.45, 2.75) is 0 Å². The van der Waals surface area contributed by atoms with E-state index in [0.717, 1.165) is 11.4 Å². The van der Waals surface area contributed by atoms with E-state index in [-0.39, 0.29) is 24.3 Å². The number of amides is 3. The molecule has 0 unspecified atom stereocenters. The number of anilines is 2. The van der Waals surface area contributed by atoms with Crippen molar-refractivity contribution in [3.05, 3.63) is 60.4 Å². The van der Waals surface area contributed by atoms with Gasteiger partial charge in [0.1, 0.15) is 12.4 Å². The van der Waals surface area contributed by atoms with E-state index in [4.69, 9.17) is 0 Å². The van der Waals surface area contributed by atoms with Crippen LogP contribution in [0.25, 0.3) is 0 Å². The first kappa shape index (κ1) is 18.3. The fourth-order valence-corrected chi connectivity index (χ4v) is 3.71. The van der Waals surface area contributed by atoms with Crippen LogP contribution in [-0.2, 0) is 4.79 Å². The normalized spacial score (nSPS) is 17.4. The number of urea groups is 1. The molecule has 0 radical (unpaired) electrons. The van der Waals surface area contributed by atoms with Crippen LogP contribution in [0.4, 0.5) is 20.6 Å². The lowest BCUT2D eigenvalue weighted by Gasteiger charge is -2.36. The second kappa shape index (κ2) is 7.88. The zero-order valence-corrected chi connectivity index (χ0v) is 15.6. The molecule has 3 amide bonds. The van der Waals surface area contributed by atoms with Crippen molar-refractivity contribution in [2.75, 3.05) is 55.6 Å². The molecule has 4 rings (SSSR count). The molecule has 2 saturated heterocycles.